The van der Waals surface area contributed by atoms with Gasteiger partial charge in [0, 0.05) is 35.8 Å². The predicted octanol–water partition coefficient (Wildman–Crippen LogP) is 0.111. The number of fused-ring (bicyclic) bond motifs is 1. The summed E-state index contributed by atoms with van der Waals surface area (Å²) < 4.78 is 1.93. The summed E-state index contributed by atoms with van der Waals surface area (Å²) >= 11 is 2.53. The smallest absolute Gasteiger partial charge is 0.352 e. The first-order chi connectivity index (χ1) is 15.8. The molecule has 0 aromatic carbocycles. The van der Waals surface area contributed by atoms with Crippen LogP contribution in [0.25, 0.3) is 0 Å². The Bertz CT molecular complexity index is 1190. The van der Waals surface area contributed by atoms with Crippen LogP contribution in [0.4, 0.5) is 5.13 Å². The second-order valence-electron chi connectivity index (χ2n) is 7.28. The number of nitrogen functional groups attached to an aromatic ring is 1. The standard InChI is InChI=1S/C20H20N6O5S2/c1-10-5-3-4-6-25(10)7-11-8-32-18-14(17(28)26(18)15(11)19(29)30)23-16(27)13(24-31-2)12-9-33-20(21)22-12/h3-6,9,14,18H,7-8H2,1-2H3,(H3-,21,22,23,27,29,30)/p+1/t14-,18+/m1/s1. The molecule has 2 aliphatic heterocycles. The number of thioether (sulfide) groups is 1. The van der Waals surface area contributed by atoms with Crippen LogP contribution in [-0.2, 0) is 25.8 Å². The summed E-state index contributed by atoms with van der Waals surface area (Å²) in [5, 5.41) is 17.5. The number of aliphatic carboxylic acids is 1. The second kappa shape index (κ2) is 9.19. The Morgan fingerprint density at radius 1 is 1.45 bits per heavy atom. The van der Waals surface area contributed by atoms with Crippen molar-refractivity contribution in [3.63, 3.8) is 0 Å². The van der Waals surface area contributed by atoms with Gasteiger partial charge in [0.1, 0.15) is 29.9 Å². The molecule has 1 fully saturated rings. The molecule has 33 heavy (non-hydrogen) atoms. The Morgan fingerprint density at radius 3 is 2.88 bits per heavy atom. The normalized spacial score (nSPS) is 20.2. The van der Waals surface area contributed by atoms with E-state index in [-0.39, 0.29) is 22.2 Å². The number of carbonyl (C=O) groups is 3. The second-order valence-corrected chi connectivity index (χ2v) is 9.28. The third-order valence-electron chi connectivity index (χ3n) is 5.23. The van der Waals surface area contributed by atoms with Crippen molar-refractivity contribution in [2.24, 2.45) is 5.16 Å². The number of thiazole rings is 1. The molecule has 1 saturated heterocycles. The third-order valence-corrected chi connectivity index (χ3v) is 7.24. The molecule has 2 aromatic rings. The van der Waals surface area contributed by atoms with Crippen LogP contribution in [-0.4, -0.2) is 62.8 Å². The lowest BCUT2D eigenvalue weighted by Gasteiger charge is -2.49. The van der Waals surface area contributed by atoms with Gasteiger partial charge in [0.15, 0.2) is 29.3 Å². The molecule has 2 amide bonds. The fourth-order valence-corrected chi connectivity index (χ4v) is 5.53. The van der Waals surface area contributed by atoms with Crippen molar-refractivity contribution in [1.29, 1.82) is 0 Å². The van der Waals surface area contributed by atoms with Gasteiger partial charge in [0.25, 0.3) is 11.8 Å². The molecule has 0 radical (unpaired) electrons. The van der Waals surface area contributed by atoms with E-state index in [9.17, 15) is 19.5 Å². The highest BCUT2D eigenvalue weighted by atomic mass is 32.2. The first kappa shape index (κ1) is 22.7. The molecular formula is C20H21N6O5S2+. The number of pyridine rings is 1. The largest absolute Gasteiger partial charge is 0.477 e. The molecular weight excluding hydrogens is 468 g/mol. The predicted molar refractivity (Wildman–Crippen MR) is 121 cm³/mol. The van der Waals surface area contributed by atoms with E-state index in [1.807, 2.05) is 35.9 Å². The maximum atomic E-state index is 12.9. The van der Waals surface area contributed by atoms with Crippen molar-refractivity contribution in [3.8, 4) is 0 Å². The molecule has 13 heteroatoms. The highest BCUT2D eigenvalue weighted by molar-refractivity contribution is 8.00. The van der Waals surface area contributed by atoms with Gasteiger partial charge in [-0.2, -0.15) is 4.57 Å². The molecule has 0 saturated carbocycles. The molecule has 0 aliphatic carbocycles. The van der Waals surface area contributed by atoms with E-state index in [4.69, 9.17) is 10.6 Å². The zero-order valence-electron chi connectivity index (χ0n) is 17.7. The number of aromatic nitrogens is 2. The molecule has 0 unspecified atom stereocenters. The molecule has 172 valence electrons. The Labute approximate surface area is 196 Å². The van der Waals surface area contributed by atoms with Crippen LogP contribution in [0.5, 0.6) is 0 Å². The topological polar surface area (TPSA) is 151 Å². The van der Waals surface area contributed by atoms with Gasteiger partial charge in [-0.05, 0) is 0 Å². The minimum absolute atomic E-state index is 0.0388. The maximum Gasteiger partial charge on any atom is 0.352 e. The summed E-state index contributed by atoms with van der Waals surface area (Å²) in [5.74, 6) is -1.93. The van der Waals surface area contributed by atoms with Gasteiger partial charge in [-0.3, -0.25) is 14.5 Å². The van der Waals surface area contributed by atoms with E-state index < -0.39 is 29.2 Å². The van der Waals surface area contributed by atoms with Crippen molar-refractivity contribution in [3.05, 3.63) is 52.4 Å². The van der Waals surface area contributed by atoms with E-state index in [0.717, 1.165) is 17.0 Å². The van der Waals surface area contributed by atoms with Crippen LogP contribution < -0.4 is 15.6 Å². The van der Waals surface area contributed by atoms with Crippen LogP contribution in [0.2, 0.25) is 0 Å². The molecule has 2 aliphatic rings. The fourth-order valence-electron chi connectivity index (χ4n) is 3.65. The summed E-state index contributed by atoms with van der Waals surface area (Å²) in [7, 11) is 1.29. The number of nitrogens with zero attached hydrogens (tertiary/aromatic N) is 4. The summed E-state index contributed by atoms with van der Waals surface area (Å²) in [6.07, 6.45) is 1.86. The number of carboxylic acids is 1. The molecule has 2 atom stereocenters. The molecule has 11 nitrogen and oxygen atoms in total. The monoisotopic (exact) mass is 489 g/mol. The lowest BCUT2D eigenvalue weighted by Crippen LogP contribution is -2.71. The van der Waals surface area contributed by atoms with Gasteiger partial charge < -0.3 is 21.0 Å². The summed E-state index contributed by atoms with van der Waals surface area (Å²) in [4.78, 5) is 47.8. The Kier molecular flexibility index (Phi) is 6.33. The minimum Gasteiger partial charge on any atom is -0.477 e. The van der Waals surface area contributed by atoms with Gasteiger partial charge in [0.2, 0.25) is 0 Å². The van der Waals surface area contributed by atoms with Crippen LogP contribution in [0.1, 0.15) is 11.4 Å². The van der Waals surface area contributed by atoms with Crippen LogP contribution in [0.15, 0.2) is 46.2 Å². The average molecular weight is 490 g/mol. The van der Waals surface area contributed by atoms with Gasteiger partial charge in [-0.1, -0.05) is 11.2 Å². The van der Waals surface area contributed by atoms with E-state index in [2.05, 4.69) is 15.5 Å². The average Bonchev–Trinajstić information content (AvgIpc) is 3.22. The molecule has 0 spiro atoms. The van der Waals surface area contributed by atoms with Crippen molar-refractivity contribution in [1.82, 2.24) is 15.2 Å². The van der Waals surface area contributed by atoms with Crippen molar-refractivity contribution in [2.75, 3.05) is 18.6 Å². The van der Waals surface area contributed by atoms with Gasteiger partial charge in [-0.25, -0.2) is 9.78 Å². The lowest BCUT2D eigenvalue weighted by atomic mass is 10.0. The number of nitrogens with one attached hydrogen (secondary N) is 1. The molecule has 2 aromatic heterocycles. The van der Waals surface area contributed by atoms with Crippen LogP contribution in [0.3, 0.4) is 0 Å². The number of hydrogen-bond acceptors (Lipinski definition) is 9. The number of nitrogens with two attached hydrogens (primary N) is 1. The summed E-state index contributed by atoms with van der Waals surface area (Å²) in [6.45, 7) is 2.28. The number of carboxylic acid groups (broad SMARTS) is 1. The number of amides is 2. The molecule has 4 heterocycles. The number of carbonyl (C=O) groups excluding carboxylic acids is 2. The molecule has 0 bridgehead atoms. The third kappa shape index (κ3) is 4.28. The van der Waals surface area contributed by atoms with Crippen molar-refractivity contribution < 1.29 is 28.9 Å². The zero-order valence-corrected chi connectivity index (χ0v) is 19.4. The fraction of sp³-hybridized carbons (Fsp3) is 0.300. The van der Waals surface area contributed by atoms with Crippen LogP contribution in [0, 0.1) is 6.92 Å². The van der Waals surface area contributed by atoms with Gasteiger partial charge in [0.05, 0.1) is 0 Å². The van der Waals surface area contributed by atoms with E-state index in [0.29, 0.717) is 17.9 Å². The van der Waals surface area contributed by atoms with Gasteiger partial charge >= 0.3 is 5.97 Å². The number of hydrogen-bond donors (Lipinski definition) is 3. The Hall–Kier alpha value is -3.45. The van der Waals surface area contributed by atoms with E-state index >= 15 is 0 Å². The SMILES string of the molecule is CON=C(C(=O)N[C@@H]1C(=O)N2C(C(=O)O)=C(C[n+]3ccccc3C)CS[C@@H]12)c1csc(N)n1. The maximum absolute atomic E-state index is 12.9. The zero-order chi connectivity index (χ0) is 23.7. The number of β-lactam (4-membered cyclic amide) rings is 1. The molecule has 4 N–H and O–H groups in total. The van der Waals surface area contributed by atoms with Crippen LogP contribution >= 0.6 is 23.1 Å². The first-order valence-electron chi connectivity index (χ1n) is 9.80. The Morgan fingerprint density at radius 2 is 2.24 bits per heavy atom. The quantitative estimate of drug-likeness (QED) is 0.215. The Balaban J connectivity index is 1.54. The number of aryl methyl sites for hydroxylation is 1. The number of anilines is 1. The van der Waals surface area contributed by atoms with E-state index in [1.54, 1.807) is 5.38 Å². The first-order valence-corrected chi connectivity index (χ1v) is 11.7. The van der Waals surface area contributed by atoms with Crippen molar-refractivity contribution in [2.45, 2.75) is 24.9 Å². The summed E-state index contributed by atoms with van der Waals surface area (Å²) in [5.41, 5.74) is 7.29. The molecule has 4 rings (SSSR count). The minimum atomic E-state index is -1.18. The highest BCUT2D eigenvalue weighted by Crippen LogP contribution is 2.40. The lowest BCUT2D eigenvalue weighted by molar-refractivity contribution is -0.695. The number of rotatable bonds is 7. The summed E-state index contributed by atoms with van der Waals surface area (Å²) in [6, 6.07) is 4.79. The number of oxime groups is 1. The highest BCUT2D eigenvalue weighted by Gasteiger charge is 2.54. The van der Waals surface area contributed by atoms with E-state index in [1.165, 1.54) is 23.8 Å². The van der Waals surface area contributed by atoms with Gasteiger partial charge in [-0.15, -0.1) is 23.1 Å². The van der Waals surface area contributed by atoms with Crippen molar-refractivity contribution >= 4 is 51.7 Å².